The second kappa shape index (κ2) is 9.66. The monoisotopic (exact) mass is 383 g/mol. The zero-order valence-corrected chi connectivity index (χ0v) is 17.1. The molecule has 4 nitrogen and oxygen atoms in total. The second-order valence-corrected chi connectivity index (χ2v) is 7.27. The molecule has 0 saturated heterocycles. The highest BCUT2D eigenvalue weighted by molar-refractivity contribution is 6.04. The molecule has 0 saturated carbocycles. The number of carbonyl (C=O) groups is 1. The van der Waals surface area contributed by atoms with E-state index >= 15 is 0 Å². The van der Waals surface area contributed by atoms with Gasteiger partial charge in [0.25, 0.3) is 5.91 Å². The third-order valence-corrected chi connectivity index (χ3v) is 4.66. The summed E-state index contributed by atoms with van der Waals surface area (Å²) in [7, 11) is 0. The number of hydrogen-bond donors (Lipinski definition) is 1. The molecule has 1 heterocycles. The van der Waals surface area contributed by atoms with Crippen LogP contribution >= 0.6 is 0 Å². The van der Waals surface area contributed by atoms with Gasteiger partial charge in [0.1, 0.15) is 5.69 Å². The summed E-state index contributed by atoms with van der Waals surface area (Å²) >= 11 is 0. The SMILES string of the molecule is Cc1cc(NC(=O)c2cccc(CCC#Cc3cnccn3)c2)ccc1C(C)C. The van der Waals surface area contributed by atoms with E-state index in [1.165, 1.54) is 11.1 Å². The van der Waals surface area contributed by atoms with Crippen molar-refractivity contribution in [3.8, 4) is 11.8 Å². The van der Waals surface area contributed by atoms with Crippen molar-refractivity contribution in [2.24, 2.45) is 0 Å². The molecule has 1 aromatic heterocycles. The van der Waals surface area contributed by atoms with Crippen LogP contribution in [-0.4, -0.2) is 15.9 Å². The molecule has 0 unspecified atom stereocenters. The van der Waals surface area contributed by atoms with Crippen LogP contribution in [0.3, 0.4) is 0 Å². The van der Waals surface area contributed by atoms with E-state index in [0.29, 0.717) is 23.6 Å². The zero-order valence-electron chi connectivity index (χ0n) is 17.1. The number of nitrogens with zero attached hydrogens (tertiary/aromatic N) is 2. The van der Waals surface area contributed by atoms with Gasteiger partial charge in [0.15, 0.2) is 0 Å². The molecule has 0 spiro atoms. The van der Waals surface area contributed by atoms with E-state index < -0.39 is 0 Å². The largest absolute Gasteiger partial charge is 0.322 e. The maximum atomic E-state index is 12.7. The highest BCUT2D eigenvalue weighted by Crippen LogP contribution is 2.22. The number of rotatable bonds is 5. The summed E-state index contributed by atoms with van der Waals surface area (Å²) in [5.41, 5.74) is 5.70. The normalized spacial score (nSPS) is 10.3. The predicted octanol–water partition coefficient (Wildman–Crippen LogP) is 5.15. The number of aromatic nitrogens is 2. The Labute approximate surface area is 172 Å². The van der Waals surface area contributed by atoms with Gasteiger partial charge in [-0.15, -0.1) is 0 Å². The van der Waals surface area contributed by atoms with Crippen LogP contribution in [0.25, 0.3) is 0 Å². The Hall–Kier alpha value is -3.45. The zero-order chi connectivity index (χ0) is 20.6. The van der Waals surface area contributed by atoms with Crippen LogP contribution in [-0.2, 0) is 6.42 Å². The lowest BCUT2D eigenvalue weighted by molar-refractivity contribution is 0.102. The summed E-state index contributed by atoms with van der Waals surface area (Å²) in [4.78, 5) is 20.8. The molecule has 0 fully saturated rings. The van der Waals surface area contributed by atoms with Crippen molar-refractivity contribution in [2.75, 3.05) is 5.32 Å². The van der Waals surface area contributed by atoms with Crippen molar-refractivity contribution >= 4 is 11.6 Å². The quantitative estimate of drug-likeness (QED) is 0.620. The number of carbonyl (C=O) groups excluding carboxylic acids is 1. The highest BCUT2D eigenvalue weighted by Gasteiger charge is 2.09. The van der Waals surface area contributed by atoms with Gasteiger partial charge in [-0.1, -0.05) is 38.0 Å². The Morgan fingerprint density at radius 1 is 1.14 bits per heavy atom. The van der Waals surface area contributed by atoms with E-state index in [-0.39, 0.29) is 5.91 Å². The maximum Gasteiger partial charge on any atom is 0.255 e. The summed E-state index contributed by atoms with van der Waals surface area (Å²) in [5.74, 6) is 6.47. The summed E-state index contributed by atoms with van der Waals surface area (Å²) in [6.45, 7) is 6.42. The van der Waals surface area contributed by atoms with Gasteiger partial charge >= 0.3 is 0 Å². The lowest BCUT2D eigenvalue weighted by atomic mass is 9.97. The van der Waals surface area contributed by atoms with Crippen molar-refractivity contribution in [1.82, 2.24) is 9.97 Å². The molecule has 0 radical (unpaired) electrons. The smallest absolute Gasteiger partial charge is 0.255 e. The summed E-state index contributed by atoms with van der Waals surface area (Å²) in [6, 6.07) is 13.8. The summed E-state index contributed by atoms with van der Waals surface area (Å²) in [6.07, 6.45) is 6.37. The molecule has 29 heavy (non-hydrogen) atoms. The van der Waals surface area contributed by atoms with Crippen LogP contribution in [0, 0.1) is 18.8 Å². The topological polar surface area (TPSA) is 54.9 Å². The van der Waals surface area contributed by atoms with Gasteiger partial charge in [0.05, 0.1) is 6.20 Å². The molecule has 0 bridgehead atoms. The first-order valence-corrected chi connectivity index (χ1v) is 9.78. The van der Waals surface area contributed by atoms with E-state index in [4.69, 9.17) is 0 Å². The van der Waals surface area contributed by atoms with Crippen LogP contribution in [0.4, 0.5) is 5.69 Å². The van der Waals surface area contributed by atoms with Gasteiger partial charge in [-0.2, -0.15) is 0 Å². The van der Waals surface area contributed by atoms with Crippen LogP contribution in [0.5, 0.6) is 0 Å². The molecule has 1 amide bonds. The average molecular weight is 383 g/mol. The lowest BCUT2D eigenvalue weighted by Gasteiger charge is -2.12. The van der Waals surface area contributed by atoms with E-state index in [1.54, 1.807) is 18.6 Å². The average Bonchev–Trinajstić information content (AvgIpc) is 2.72. The van der Waals surface area contributed by atoms with Crippen LogP contribution in [0.15, 0.2) is 61.1 Å². The standard InChI is InChI=1S/C25H25N3O/c1-18(2)24-12-11-22(15-19(24)3)28-25(29)21-9-6-8-20(16-21)7-4-5-10-23-17-26-13-14-27-23/h6,8-9,11-18H,4,7H2,1-3H3,(H,28,29). The number of anilines is 1. The molecule has 1 N–H and O–H groups in total. The fourth-order valence-electron chi connectivity index (χ4n) is 3.20. The van der Waals surface area contributed by atoms with Gasteiger partial charge in [0, 0.05) is 30.1 Å². The third-order valence-electron chi connectivity index (χ3n) is 4.66. The fraction of sp³-hybridized carbons (Fsp3) is 0.240. The maximum absolute atomic E-state index is 12.7. The lowest BCUT2D eigenvalue weighted by Crippen LogP contribution is -2.12. The molecule has 4 heteroatoms. The van der Waals surface area contributed by atoms with Gasteiger partial charge in [0.2, 0.25) is 0 Å². The Bertz CT molecular complexity index is 1050. The Kier molecular flexibility index (Phi) is 6.76. The van der Waals surface area contributed by atoms with Gasteiger partial charge in [-0.25, -0.2) is 4.98 Å². The summed E-state index contributed by atoms with van der Waals surface area (Å²) < 4.78 is 0. The van der Waals surface area contributed by atoms with Crippen LogP contribution < -0.4 is 5.32 Å². The fourth-order valence-corrected chi connectivity index (χ4v) is 3.20. The number of hydrogen-bond acceptors (Lipinski definition) is 3. The minimum atomic E-state index is -0.103. The van der Waals surface area contributed by atoms with E-state index in [2.05, 4.69) is 54.0 Å². The molecule has 3 rings (SSSR count). The second-order valence-electron chi connectivity index (χ2n) is 7.27. The molecule has 0 aliphatic heterocycles. The minimum Gasteiger partial charge on any atom is -0.322 e. The number of aryl methyl sites for hydroxylation is 2. The Balaban J connectivity index is 1.62. The van der Waals surface area contributed by atoms with Gasteiger partial charge in [-0.05, 0) is 66.1 Å². The molecule has 2 aromatic carbocycles. The molecule has 0 aliphatic rings. The van der Waals surface area contributed by atoms with Crippen molar-refractivity contribution in [3.63, 3.8) is 0 Å². The minimum absolute atomic E-state index is 0.103. The number of nitrogens with one attached hydrogen (secondary N) is 1. The number of amides is 1. The summed E-state index contributed by atoms with van der Waals surface area (Å²) in [5, 5.41) is 3.00. The first-order valence-electron chi connectivity index (χ1n) is 9.78. The van der Waals surface area contributed by atoms with E-state index in [0.717, 1.165) is 17.7 Å². The van der Waals surface area contributed by atoms with Crippen molar-refractivity contribution in [2.45, 2.75) is 39.5 Å². The highest BCUT2D eigenvalue weighted by atomic mass is 16.1. The molecular formula is C25H25N3O. The molecule has 146 valence electrons. The van der Waals surface area contributed by atoms with E-state index in [1.807, 2.05) is 36.4 Å². The van der Waals surface area contributed by atoms with Crippen LogP contribution in [0.2, 0.25) is 0 Å². The first kappa shape index (κ1) is 20.3. The molecular weight excluding hydrogens is 358 g/mol. The molecule has 0 aliphatic carbocycles. The van der Waals surface area contributed by atoms with Crippen molar-refractivity contribution in [1.29, 1.82) is 0 Å². The molecule has 0 atom stereocenters. The molecule has 3 aromatic rings. The van der Waals surface area contributed by atoms with Gasteiger partial charge < -0.3 is 5.32 Å². The first-order chi connectivity index (χ1) is 14.0. The Morgan fingerprint density at radius 2 is 2.00 bits per heavy atom. The predicted molar refractivity (Wildman–Crippen MR) is 117 cm³/mol. The van der Waals surface area contributed by atoms with Crippen molar-refractivity contribution < 1.29 is 4.79 Å². The number of benzene rings is 2. The Morgan fingerprint density at radius 3 is 2.72 bits per heavy atom. The van der Waals surface area contributed by atoms with E-state index in [9.17, 15) is 4.79 Å². The van der Waals surface area contributed by atoms with Crippen molar-refractivity contribution in [3.05, 3.63) is 89.0 Å². The van der Waals surface area contributed by atoms with Crippen LogP contribution in [0.1, 0.15) is 58.9 Å². The third kappa shape index (κ3) is 5.76. The van der Waals surface area contributed by atoms with Gasteiger partial charge in [-0.3, -0.25) is 9.78 Å².